The molecule has 0 saturated carbocycles. The summed E-state index contributed by atoms with van der Waals surface area (Å²) in [5.41, 5.74) is 2.50. The van der Waals surface area contributed by atoms with Gasteiger partial charge in [0.25, 0.3) is 0 Å². The molecular formula is C15H23BrN2O. The minimum absolute atomic E-state index is 0.237. The molecule has 19 heavy (non-hydrogen) atoms. The van der Waals surface area contributed by atoms with Crippen molar-refractivity contribution in [3.8, 4) is 0 Å². The van der Waals surface area contributed by atoms with Crippen LogP contribution < -0.4 is 10.2 Å². The van der Waals surface area contributed by atoms with E-state index < -0.39 is 0 Å². The molecule has 0 spiro atoms. The Kier molecular flexibility index (Phi) is 5.25. The first-order valence-electron chi connectivity index (χ1n) is 6.96. The zero-order valence-electron chi connectivity index (χ0n) is 11.7. The molecule has 2 N–H and O–H groups in total. The summed E-state index contributed by atoms with van der Waals surface area (Å²) < 4.78 is 1.14. The van der Waals surface area contributed by atoms with Crippen LogP contribution in [-0.4, -0.2) is 37.4 Å². The Morgan fingerprint density at radius 3 is 2.89 bits per heavy atom. The van der Waals surface area contributed by atoms with E-state index in [1.807, 2.05) is 0 Å². The molecule has 0 aromatic heterocycles. The first-order valence-corrected chi connectivity index (χ1v) is 7.75. The van der Waals surface area contributed by atoms with Crippen LogP contribution in [0.2, 0.25) is 0 Å². The fourth-order valence-electron chi connectivity index (χ4n) is 2.70. The lowest BCUT2D eigenvalue weighted by molar-refractivity contribution is 0.272. The van der Waals surface area contributed by atoms with Gasteiger partial charge in [-0.05, 0) is 59.4 Å². The quantitative estimate of drug-likeness (QED) is 0.896. The van der Waals surface area contributed by atoms with Crippen LogP contribution in [-0.2, 0) is 0 Å². The number of rotatable bonds is 3. The van der Waals surface area contributed by atoms with Crippen LogP contribution in [0.3, 0.4) is 0 Å². The van der Waals surface area contributed by atoms with Gasteiger partial charge in [0.2, 0.25) is 0 Å². The fraction of sp³-hybridized carbons (Fsp3) is 0.600. The second kappa shape index (κ2) is 6.73. The Hall–Kier alpha value is -0.580. The molecule has 1 aromatic rings. The van der Waals surface area contributed by atoms with Crippen molar-refractivity contribution in [3.63, 3.8) is 0 Å². The lowest BCUT2D eigenvalue weighted by Crippen LogP contribution is -2.41. The van der Waals surface area contributed by atoms with E-state index in [0.717, 1.165) is 30.5 Å². The molecule has 3 nitrogen and oxygen atoms in total. The number of halogens is 1. The van der Waals surface area contributed by atoms with Crippen molar-refractivity contribution >= 4 is 21.6 Å². The summed E-state index contributed by atoms with van der Waals surface area (Å²) in [7, 11) is 0. The maximum Gasteiger partial charge on any atom is 0.0513 e. The number of anilines is 1. The number of aryl methyl sites for hydroxylation is 1. The van der Waals surface area contributed by atoms with Gasteiger partial charge in [-0.2, -0.15) is 0 Å². The van der Waals surface area contributed by atoms with Crippen LogP contribution in [0.1, 0.15) is 18.9 Å². The highest BCUT2D eigenvalue weighted by Gasteiger charge is 2.25. The van der Waals surface area contributed by atoms with E-state index in [1.54, 1.807) is 0 Å². The van der Waals surface area contributed by atoms with Gasteiger partial charge in [0.1, 0.15) is 0 Å². The zero-order valence-corrected chi connectivity index (χ0v) is 13.3. The number of hydrogen-bond acceptors (Lipinski definition) is 3. The van der Waals surface area contributed by atoms with Gasteiger partial charge < -0.3 is 15.3 Å². The summed E-state index contributed by atoms with van der Waals surface area (Å²) in [6.45, 7) is 7.61. The van der Waals surface area contributed by atoms with E-state index in [4.69, 9.17) is 0 Å². The number of aliphatic hydroxyl groups excluding tert-OH is 1. The van der Waals surface area contributed by atoms with Gasteiger partial charge in [-0.15, -0.1) is 0 Å². The molecule has 1 aliphatic heterocycles. The average molecular weight is 327 g/mol. The van der Waals surface area contributed by atoms with Gasteiger partial charge >= 0.3 is 0 Å². The molecule has 1 aromatic carbocycles. The number of hydrogen-bond donors (Lipinski definition) is 2. The largest absolute Gasteiger partial charge is 0.396 e. The monoisotopic (exact) mass is 326 g/mol. The molecule has 0 amide bonds. The van der Waals surface area contributed by atoms with Crippen LogP contribution >= 0.6 is 15.9 Å². The summed E-state index contributed by atoms with van der Waals surface area (Å²) in [5, 5.41) is 12.8. The molecule has 1 heterocycles. The highest BCUT2D eigenvalue weighted by Crippen LogP contribution is 2.30. The minimum atomic E-state index is 0.237. The van der Waals surface area contributed by atoms with Crippen molar-refractivity contribution < 1.29 is 5.11 Å². The Morgan fingerprint density at radius 2 is 2.21 bits per heavy atom. The van der Waals surface area contributed by atoms with Crippen molar-refractivity contribution in [2.75, 3.05) is 31.1 Å². The molecule has 2 atom stereocenters. The van der Waals surface area contributed by atoms with Crippen LogP contribution in [0.5, 0.6) is 0 Å². The second-order valence-corrected chi connectivity index (χ2v) is 6.39. The van der Waals surface area contributed by atoms with Crippen LogP contribution in [0.15, 0.2) is 22.7 Å². The van der Waals surface area contributed by atoms with Gasteiger partial charge in [-0.1, -0.05) is 13.0 Å². The maximum atomic E-state index is 9.29. The molecule has 4 heteroatoms. The third-order valence-electron chi connectivity index (χ3n) is 3.70. The van der Waals surface area contributed by atoms with Crippen molar-refractivity contribution in [2.45, 2.75) is 26.3 Å². The van der Waals surface area contributed by atoms with Crippen LogP contribution in [0, 0.1) is 12.8 Å². The molecule has 0 aliphatic carbocycles. The normalized spacial score (nSPS) is 24.3. The highest BCUT2D eigenvalue weighted by molar-refractivity contribution is 9.10. The molecule has 2 rings (SSSR count). The number of aliphatic hydroxyl groups is 1. The predicted molar refractivity (Wildman–Crippen MR) is 83.7 cm³/mol. The van der Waals surface area contributed by atoms with Gasteiger partial charge in [0.05, 0.1) is 5.69 Å². The van der Waals surface area contributed by atoms with Crippen LogP contribution in [0.25, 0.3) is 0 Å². The van der Waals surface area contributed by atoms with Crippen molar-refractivity contribution in [3.05, 3.63) is 28.2 Å². The van der Waals surface area contributed by atoms with Gasteiger partial charge in [-0.25, -0.2) is 0 Å². The molecule has 106 valence electrons. The SMILES string of the molecule is Cc1ccc(N2CC(C)CNCC2CCO)c(Br)c1. The number of benzene rings is 1. The molecule has 1 fully saturated rings. The van der Waals surface area contributed by atoms with Gasteiger partial charge in [0.15, 0.2) is 0 Å². The zero-order chi connectivity index (χ0) is 13.8. The third-order valence-corrected chi connectivity index (χ3v) is 4.33. The molecular weight excluding hydrogens is 304 g/mol. The molecule has 0 radical (unpaired) electrons. The Bertz CT molecular complexity index is 425. The average Bonchev–Trinajstić information content (AvgIpc) is 2.52. The molecule has 2 unspecified atom stereocenters. The molecule has 1 saturated heterocycles. The maximum absolute atomic E-state index is 9.29. The number of nitrogens with zero attached hydrogens (tertiary/aromatic N) is 1. The van der Waals surface area contributed by atoms with Crippen LogP contribution in [0.4, 0.5) is 5.69 Å². The Morgan fingerprint density at radius 1 is 1.42 bits per heavy atom. The Labute approximate surface area is 124 Å². The fourth-order valence-corrected chi connectivity index (χ4v) is 3.42. The predicted octanol–water partition coefficient (Wildman–Crippen LogP) is 2.55. The summed E-state index contributed by atoms with van der Waals surface area (Å²) >= 11 is 3.68. The Balaban J connectivity index is 2.29. The van der Waals surface area contributed by atoms with Crippen molar-refractivity contribution in [1.29, 1.82) is 0 Å². The van der Waals surface area contributed by atoms with Gasteiger partial charge in [-0.3, -0.25) is 0 Å². The topological polar surface area (TPSA) is 35.5 Å². The van der Waals surface area contributed by atoms with E-state index >= 15 is 0 Å². The summed E-state index contributed by atoms with van der Waals surface area (Å²) in [6, 6.07) is 6.85. The lowest BCUT2D eigenvalue weighted by Gasteiger charge is -2.33. The van der Waals surface area contributed by atoms with E-state index in [0.29, 0.717) is 12.0 Å². The van der Waals surface area contributed by atoms with Gasteiger partial charge in [0, 0.05) is 30.2 Å². The number of nitrogens with one attached hydrogen (secondary N) is 1. The second-order valence-electron chi connectivity index (χ2n) is 5.54. The molecule has 0 bridgehead atoms. The smallest absolute Gasteiger partial charge is 0.0513 e. The first-order chi connectivity index (χ1) is 9.11. The standard InChI is InChI=1S/C15H23BrN2O/c1-11-3-4-15(14(16)7-11)18-10-12(2)8-17-9-13(18)5-6-19/h3-4,7,12-13,17,19H,5-6,8-10H2,1-2H3. The van der Waals surface area contributed by atoms with Crippen molar-refractivity contribution in [2.24, 2.45) is 5.92 Å². The summed E-state index contributed by atoms with van der Waals surface area (Å²) in [4.78, 5) is 2.43. The van der Waals surface area contributed by atoms with E-state index in [1.165, 1.54) is 11.3 Å². The first kappa shape index (κ1) is 14.8. The summed E-state index contributed by atoms with van der Waals surface area (Å²) in [5.74, 6) is 0.608. The lowest BCUT2D eigenvalue weighted by atomic mass is 10.1. The van der Waals surface area contributed by atoms with E-state index in [-0.39, 0.29) is 6.61 Å². The van der Waals surface area contributed by atoms with Crippen molar-refractivity contribution in [1.82, 2.24) is 5.32 Å². The van der Waals surface area contributed by atoms with E-state index in [9.17, 15) is 5.11 Å². The van der Waals surface area contributed by atoms with E-state index in [2.05, 4.69) is 58.2 Å². The third kappa shape index (κ3) is 3.71. The minimum Gasteiger partial charge on any atom is -0.396 e. The summed E-state index contributed by atoms with van der Waals surface area (Å²) in [6.07, 6.45) is 0.806. The highest BCUT2D eigenvalue weighted by atomic mass is 79.9. The molecule has 1 aliphatic rings.